The number of aliphatic hydroxyl groups is 1. The van der Waals surface area contributed by atoms with Crippen LogP contribution in [-0.2, 0) is 9.59 Å². The Morgan fingerprint density at radius 1 is 0.683 bits per heavy atom. The Kier molecular flexibility index (Phi) is 35.2. The van der Waals surface area contributed by atoms with E-state index in [0.717, 1.165) is 19.3 Å². The molecule has 0 aromatic carbocycles. The van der Waals surface area contributed by atoms with E-state index in [2.05, 4.69) is 20.6 Å². The molecule has 22 heteroatoms. The van der Waals surface area contributed by atoms with Crippen molar-refractivity contribution >= 4 is 23.5 Å². The van der Waals surface area contributed by atoms with Crippen molar-refractivity contribution in [3.8, 4) is 0 Å². The van der Waals surface area contributed by atoms with Crippen LogP contribution in [0.4, 0.5) is 11.6 Å². The van der Waals surface area contributed by atoms with Gasteiger partial charge in [-0.3, -0.25) is 0 Å². The normalized spacial score (nSPS) is 8.88. The van der Waals surface area contributed by atoms with Crippen molar-refractivity contribution in [2.75, 3.05) is 17.7 Å². The molecule has 0 aliphatic carbocycles. The average molecular weight is 742 g/mol. The molecule has 0 bridgehead atoms. The van der Waals surface area contributed by atoms with Gasteiger partial charge in [-0.25, -0.2) is 30.2 Å². The fourth-order valence-electron chi connectivity index (χ4n) is 1.65. The minimum Gasteiger partial charge on any atom is -0.875 e. The molecule has 2 aromatic heterocycles. The Morgan fingerprint density at radius 2 is 0.927 bits per heavy atom. The first kappa shape index (κ1) is 46.0. The number of aromatic amines is 2. The number of hydrogen-bond acceptors (Lipinski definition) is 14. The first-order chi connectivity index (χ1) is 18.6. The van der Waals surface area contributed by atoms with Crippen molar-refractivity contribution in [3.63, 3.8) is 0 Å². The summed E-state index contributed by atoms with van der Waals surface area (Å²) in [6, 6.07) is 10.5. The van der Waals surface area contributed by atoms with Gasteiger partial charge in [0, 0.05) is 31.4 Å². The summed E-state index contributed by atoms with van der Waals surface area (Å²) in [5.74, 6) is -0.262. The van der Waals surface area contributed by atoms with E-state index in [0.29, 0.717) is 11.6 Å². The van der Waals surface area contributed by atoms with E-state index in [1.807, 2.05) is 0 Å². The quantitative estimate of drug-likeness (QED) is 0.136. The van der Waals surface area contributed by atoms with Crippen LogP contribution in [0.2, 0.25) is 0 Å². The number of H-pyrrole nitrogens is 2. The first-order valence-corrected chi connectivity index (χ1v) is 9.72. The fraction of sp³-hybridized carbons (Fsp3) is 0.158. The molecule has 1 radical (unpaired) electrons. The molecular formula is C19H24ErN7O14. The second-order valence-electron chi connectivity index (χ2n) is 5.71. The van der Waals surface area contributed by atoms with Gasteiger partial charge in [-0.15, -0.1) is 11.5 Å². The van der Waals surface area contributed by atoms with E-state index in [4.69, 9.17) is 51.1 Å². The van der Waals surface area contributed by atoms with E-state index in [-0.39, 0.29) is 48.8 Å². The molecule has 2 amide bonds. The van der Waals surface area contributed by atoms with Crippen LogP contribution in [0.25, 0.3) is 0 Å². The molecule has 0 atom stereocenters. The summed E-state index contributed by atoms with van der Waals surface area (Å²) in [7, 11) is 1.00. The van der Waals surface area contributed by atoms with E-state index in [1.165, 1.54) is 13.8 Å². The number of carbonyl (C=O) groups is 2. The Balaban J connectivity index is -0.000000144. The summed E-state index contributed by atoms with van der Waals surface area (Å²) < 4.78 is 0. The van der Waals surface area contributed by atoms with Gasteiger partial charge in [-0.05, 0) is 12.1 Å². The van der Waals surface area contributed by atoms with Gasteiger partial charge in [0.25, 0.3) is 11.6 Å². The molecule has 0 saturated heterocycles. The average Bonchev–Trinajstić information content (AvgIpc) is 2.80. The predicted molar refractivity (Wildman–Crippen MR) is 130 cm³/mol. The summed E-state index contributed by atoms with van der Waals surface area (Å²) >= 11 is 0. The second-order valence-corrected chi connectivity index (χ2v) is 5.71. The van der Waals surface area contributed by atoms with Crippen molar-refractivity contribution in [3.05, 3.63) is 118 Å². The van der Waals surface area contributed by atoms with Gasteiger partial charge < -0.3 is 61.3 Å². The fourth-order valence-corrected chi connectivity index (χ4v) is 1.65. The molecule has 2 rings (SSSR count). The SMILES string of the molecule is C/C([O-])=C/C(=O)Nc1cccc[nH+]1.C/C([O-])=C/C(=O)Nc1cccc[nH+]1.CO.O=[N+]([O-])[O-].O=[N+]([O-])[O-].O=[N+]([O-])[O-].[Er+3]. The Hall–Kier alpha value is -4.87. The Morgan fingerprint density at radius 3 is 1.10 bits per heavy atom. The number of carbonyl (C=O) groups excluding carboxylic acids is 2. The first-order valence-electron chi connectivity index (χ1n) is 9.72. The number of pyridine rings is 2. The van der Waals surface area contributed by atoms with Gasteiger partial charge in [0.2, 0.25) is 0 Å². The summed E-state index contributed by atoms with van der Waals surface area (Å²) in [6.07, 6.45) is 5.37. The molecular weight excluding hydrogens is 718 g/mol. The standard InChI is InChI=1S/2C9H10N2O2.CH4O.Er.3NO3/c2*1-7(12)6-9(13)11-8-4-2-3-5-10-8;1-2;;3*2-1(3)4/h2*2-6,12H,1H3,(H,10,11,13);2H,1H3;;;;/q;;;+3;3*-1/b2*7-6-;;;;;. The molecule has 0 aliphatic rings. The Bertz CT molecular complexity index is 958. The van der Waals surface area contributed by atoms with Crippen molar-refractivity contribution < 1.29 is 87.4 Å². The second kappa shape index (κ2) is 31.3. The molecule has 0 unspecified atom stereocenters. The summed E-state index contributed by atoms with van der Waals surface area (Å²) in [5, 5.41) is 77.3. The van der Waals surface area contributed by atoms with E-state index >= 15 is 0 Å². The van der Waals surface area contributed by atoms with Gasteiger partial charge in [0.15, 0.2) is 0 Å². The molecule has 5 N–H and O–H groups in total. The molecule has 231 valence electrons. The zero-order valence-corrected chi connectivity index (χ0v) is 23.0. The number of anilines is 2. The topological polar surface area (TPSA) is 351 Å². The molecule has 21 nitrogen and oxygen atoms in total. The number of nitrogens with one attached hydrogen (secondary N) is 4. The molecule has 0 aliphatic heterocycles. The maximum Gasteiger partial charge on any atom is 3.00 e. The van der Waals surface area contributed by atoms with Crippen LogP contribution in [0.15, 0.2) is 72.5 Å². The van der Waals surface area contributed by atoms with Crippen LogP contribution in [0.1, 0.15) is 13.8 Å². The Labute approximate surface area is 260 Å². The van der Waals surface area contributed by atoms with Gasteiger partial charge in [0.1, 0.15) is 0 Å². The summed E-state index contributed by atoms with van der Waals surface area (Å²) in [4.78, 5) is 52.4. The summed E-state index contributed by atoms with van der Waals surface area (Å²) in [5.41, 5.74) is 0. The van der Waals surface area contributed by atoms with Gasteiger partial charge in [0.05, 0.1) is 27.7 Å². The monoisotopic (exact) mass is 740 g/mol. The van der Waals surface area contributed by atoms with Crippen LogP contribution in [0, 0.1) is 83.3 Å². The molecule has 0 fully saturated rings. The van der Waals surface area contributed by atoms with E-state index in [9.17, 15) is 19.8 Å². The van der Waals surface area contributed by atoms with Crippen molar-refractivity contribution in [1.82, 2.24) is 0 Å². The number of aromatic nitrogens is 2. The van der Waals surface area contributed by atoms with Crippen LogP contribution in [0.3, 0.4) is 0 Å². The van der Waals surface area contributed by atoms with Gasteiger partial charge in [-0.2, -0.15) is 0 Å². The smallest absolute Gasteiger partial charge is 0.875 e. The number of hydrogen-bond donors (Lipinski definition) is 3. The molecule has 2 aromatic rings. The molecule has 0 saturated carbocycles. The van der Waals surface area contributed by atoms with Crippen molar-refractivity contribution in [2.45, 2.75) is 13.8 Å². The summed E-state index contributed by atoms with van der Waals surface area (Å²) in [6.45, 7) is 2.66. The number of amides is 2. The minimum atomic E-state index is -1.75. The molecule has 41 heavy (non-hydrogen) atoms. The van der Waals surface area contributed by atoms with Crippen LogP contribution in [-0.4, -0.2) is 39.3 Å². The third kappa shape index (κ3) is 52.4. The van der Waals surface area contributed by atoms with Crippen LogP contribution < -0.4 is 30.8 Å². The maximum atomic E-state index is 11.0. The van der Waals surface area contributed by atoms with Crippen LogP contribution >= 0.6 is 0 Å². The largest absolute Gasteiger partial charge is 3.00 e. The van der Waals surface area contributed by atoms with Gasteiger partial charge >= 0.3 is 49.1 Å². The van der Waals surface area contributed by atoms with E-state index < -0.39 is 27.1 Å². The number of allylic oxidation sites excluding steroid dienone is 2. The van der Waals surface area contributed by atoms with Crippen molar-refractivity contribution in [1.29, 1.82) is 0 Å². The zero-order valence-electron chi connectivity index (χ0n) is 21.2. The maximum absolute atomic E-state index is 11.0. The number of rotatable bonds is 4. The third-order valence-electron chi connectivity index (χ3n) is 2.60. The van der Waals surface area contributed by atoms with Gasteiger partial charge in [-0.1, -0.05) is 26.0 Å². The van der Waals surface area contributed by atoms with E-state index in [1.54, 1.807) is 48.8 Å². The number of nitrogens with zero attached hydrogens (tertiary/aromatic N) is 3. The predicted octanol–water partition coefficient (Wildman–Crippen LogP) is -1.70. The third-order valence-corrected chi connectivity index (χ3v) is 2.60. The molecule has 2 heterocycles. The van der Waals surface area contributed by atoms with Crippen molar-refractivity contribution in [2.24, 2.45) is 0 Å². The van der Waals surface area contributed by atoms with Crippen LogP contribution in [0.5, 0.6) is 0 Å². The molecule has 0 spiro atoms. The zero-order chi connectivity index (χ0) is 32.1. The number of aliphatic hydroxyl groups excluding tert-OH is 1. The minimum absolute atomic E-state index is 0.